The summed E-state index contributed by atoms with van der Waals surface area (Å²) < 4.78 is 43.4. The van der Waals surface area contributed by atoms with Crippen molar-refractivity contribution in [3.05, 3.63) is 42.4 Å². The van der Waals surface area contributed by atoms with Crippen LogP contribution >= 0.6 is 0 Å². The van der Waals surface area contributed by atoms with Gasteiger partial charge in [-0.3, -0.25) is 4.98 Å². The molecular formula is C20H27F3N6O. The van der Waals surface area contributed by atoms with Gasteiger partial charge in [0.25, 0.3) is 6.43 Å². The lowest BCUT2D eigenvalue weighted by atomic mass is 10.2. The van der Waals surface area contributed by atoms with Gasteiger partial charge in [0.15, 0.2) is 5.65 Å². The molecule has 30 heavy (non-hydrogen) atoms. The van der Waals surface area contributed by atoms with E-state index < -0.39 is 6.43 Å². The summed E-state index contributed by atoms with van der Waals surface area (Å²) in [6, 6.07) is 6.67. The topological polar surface area (TPSA) is 58.8 Å². The lowest BCUT2D eigenvalue weighted by Crippen LogP contribution is -2.36. The zero-order chi connectivity index (χ0) is 22.1. The molecule has 0 bridgehead atoms. The highest BCUT2D eigenvalue weighted by Gasteiger charge is 2.16. The summed E-state index contributed by atoms with van der Waals surface area (Å²) in [5.41, 5.74) is 2.47. The Morgan fingerprint density at radius 1 is 1.07 bits per heavy atom. The third-order valence-electron chi connectivity index (χ3n) is 3.99. The number of anilines is 1. The van der Waals surface area contributed by atoms with Gasteiger partial charge < -0.3 is 9.64 Å². The molecule has 4 rings (SSSR count). The Morgan fingerprint density at radius 2 is 1.73 bits per heavy atom. The molecule has 1 saturated heterocycles. The maximum absolute atomic E-state index is 12.9. The van der Waals surface area contributed by atoms with Gasteiger partial charge in [0.1, 0.15) is 11.4 Å². The molecule has 1 aliphatic heterocycles. The largest absolute Gasteiger partial charge is 0.378 e. The number of alkyl halides is 2. The van der Waals surface area contributed by atoms with Gasteiger partial charge >= 0.3 is 0 Å². The summed E-state index contributed by atoms with van der Waals surface area (Å²) in [5, 5.41) is 4.48. The Morgan fingerprint density at radius 3 is 2.37 bits per heavy atom. The predicted molar refractivity (Wildman–Crippen MR) is 110 cm³/mol. The molecule has 164 valence electrons. The van der Waals surface area contributed by atoms with E-state index >= 15 is 0 Å². The van der Waals surface area contributed by atoms with Crippen LogP contribution in [0.5, 0.6) is 0 Å². The summed E-state index contributed by atoms with van der Waals surface area (Å²) in [6.07, 6.45) is 0.678. The standard InChI is InChI=1S/C16H15F2N5O.C2H6FN.C2H6/c17-16(18)12-1-2-15-20-10-14(23(15)21-12)13-9-11(3-4-19-13)22-5-7-24-8-6-22;1-4(2)3;1-2/h1-4,9-10,16H,5-8H2;1-2H3;1-2H3. The molecule has 0 saturated carbocycles. The van der Waals surface area contributed by atoms with Gasteiger partial charge in [0, 0.05) is 39.1 Å². The van der Waals surface area contributed by atoms with Crippen molar-refractivity contribution < 1.29 is 18.0 Å². The maximum atomic E-state index is 12.9. The van der Waals surface area contributed by atoms with Gasteiger partial charge in [-0.25, -0.2) is 18.3 Å². The number of rotatable bonds is 3. The molecule has 7 nitrogen and oxygen atoms in total. The summed E-state index contributed by atoms with van der Waals surface area (Å²) in [7, 11) is 2.67. The first-order valence-electron chi connectivity index (χ1n) is 9.71. The van der Waals surface area contributed by atoms with Crippen molar-refractivity contribution in [1.82, 2.24) is 24.7 Å². The van der Waals surface area contributed by atoms with Gasteiger partial charge in [0.05, 0.1) is 25.1 Å². The minimum atomic E-state index is -2.63. The van der Waals surface area contributed by atoms with Gasteiger partial charge in [-0.1, -0.05) is 13.8 Å². The second kappa shape index (κ2) is 11.5. The normalized spacial score (nSPS) is 13.7. The fourth-order valence-electron chi connectivity index (χ4n) is 2.76. The fraction of sp³-hybridized carbons (Fsp3) is 0.450. The minimum Gasteiger partial charge on any atom is -0.378 e. The Balaban J connectivity index is 0.000000481. The van der Waals surface area contributed by atoms with E-state index in [-0.39, 0.29) is 5.69 Å². The van der Waals surface area contributed by atoms with Crippen molar-refractivity contribution in [3.8, 4) is 11.4 Å². The van der Waals surface area contributed by atoms with Crippen LogP contribution in [0.25, 0.3) is 17.0 Å². The molecule has 1 fully saturated rings. The Labute approximate surface area is 174 Å². The van der Waals surface area contributed by atoms with Gasteiger partial charge in [-0.15, -0.1) is 4.48 Å². The Hall–Kier alpha value is -2.72. The van der Waals surface area contributed by atoms with Crippen molar-refractivity contribution in [2.24, 2.45) is 0 Å². The Bertz CT molecular complexity index is 910. The molecule has 0 aromatic carbocycles. The molecule has 4 heterocycles. The highest BCUT2D eigenvalue weighted by Crippen LogP contribution is 2.25. The molecule has 0 spiro atoms. The van der Waals surface area contributed by atoms with Crippen molar-refractivity contribution in [2.45, 2.75) is 20.3 Å². The van der Waals surface area contributed by atoms with Crippen LogP contribution in [0.3, 0.4) is 0 Å². The third kappa shape index (κ3) is 6.14. The number of pyridine rings is 1. The summed E-state index contributed by atoms with van der Waals surface area (Å²) in [5.74, 6) is 0. The number of hydrogen-bond donors (Lipinski definition) is 0. The van der Waals surface area contributed by atoms with Crippen LogP contribution in [0.4, 0.5) is 18.9 Å². The lowest BCUT2D eigenvalue weighted by Gasteiger charge is -2.28. The average molecular weight is 424 g/mol. The van der Waals surface area contributed by atoms with Crippen LogP contribution in [-0.2, 0) is 4.74 Å². The molecule has 3 aromatic heterocycles. The monoisotopic (exact) mass is 424 g/mol. The smallest absolute Gasteiger partial charge is 0.282 e. The molecule has 0 radical (unpaired) electrons. The van der Waals surface area contributed by atoms with E-state index in [4.69, 9.17) is 4.74 Å². The molecule has 10 heteroatoms. The lowest BCUT2D eigenvalue weighted by molar-refractivity contribution is 0.0977. The van der Waals surface area contributed by atoms with E-state index in [1.54, 1.807) is 12.4 Å². The summed E-state index contributed by atoms with van der Waals surface area (Å²) >= 11 is 0. The molecular weight excluding hydrogens is 397 g/mol. The quantitative estimate of drug-likeness (QED) is 0.592. The van der Waals surface area contributed by atoms with Crippen molar-refractivity contribution in [3.63, 3.8) is 0 Å². The predicted octanol–water partition coefficient (Wildman–Crippen LogP) is 4.02. The molecule has 0 unspecified atom stereocenters. The number of imidazole rings is 1. The highest BCUT2D eigenvalue weighted by molar-refractivity contribution is 5.64. The molecule has 0 aliphatic carbocycles. The molecule has 3 aromatic rings. The first-order chi connectivity index (χ1) is 14.5. The number of halogens is 3. The van der Waals surface area contributed by atoms with Crippen molar-refractivity contribution >= 4 is 11.3 Å². The number of hydrogen-bond acceptors (Lipinski definition) is 6. The first kappa shape index (κ1) is 23.6. The molecule has 0 N–H and O–H groups in total. The van der Waals surface area contributed by atoms with Crippen LogP contribution in [-0.4, -0.2) is 65.1 Å². The van der Waals surface area contributed by atoms with E-state index in [2.05, 4.69) is 20.0 Å². The second-order valence-electron chi connectivity index (χ2n) is 6.26. The van der Waals surface area contributed by atoms with Gasteiger partial charge in [0.2, 0.25) is 0 Å². The first-order valence-corrected chi connectivity index (χ1v) is 9.71. The van der Waals surface area contributed by atoms with Crippen LogP contribution < -0.4 is 4.90 Å². The highest BCUT2D eigenvalue weighted by atomic mass is 19.3. The van der Waals surface area contributed by atoms with E-state index in [0.717, 1.165) is 18.8 Å². The van der Waals surface area contributed by atoms with Crippen molar-refractivity contribution in [2.75, 3.05) is 45.3 Å². The van der Waals surface area contributed by atoms with Crippen LogP contribution in [0.15, 0.2) is 36.7 Å². The molecule has 0 amide bonds. The number of aromatic nitrogens is 4. The number of ether oxygens (including phenoxy) is 1. The third-order valence-corrected chi connectivity index (χ3v) is 3.99. The van der Waals surface area contributed by atoms with Crippen molar-refractivity contribution in [1.29, 1.82) is 0 Å². The molecule has 0 atom stereocenters. The zero-order valence-electron chi connectivity index (χ0n) is 17.6. The minimum absolute atomic E-state index is 0.286. The SMILES string of the molecule is CC.CN(C)F.FC(F)c1ccc2ncc(-c3cc(N4CCOCC4)ccn3)n2n1. The fourth-order valence-corrected chi connectivity index (χ4v) is 2.76. The van der Waals surface area contributed by atoms with E-state index in [1.807, 2.05) is 26.0 Å². The number of morpholine rings is 1. The number of nitrogens with zero attached hydrogens (tertiary/aromatic N) is 6. The van der Waals surface area contributed by atoms with Crippen LogP contribution in [0.2, 0.25) is 0 Å². The van der Waals surface area contributed by atoms with E-state index in [9.17, 15) is 13.3 Å². The van der Waals surface area contributed by atoms with Gasteiger partial charge in [-0.2, -0.15) is 10.2 Å². The van der Waals surface area contributed by atoms with Gasteiger partial charge in [-0.05, 0) is 24.3 Å². The molecule has 1 aliphatic rings. The Kier molecular flexibility index (Phi) is 9.00. The van der Waals surface area contributed by atoms with Crippen LogP contribution in [0, 0.1) is 0 Å². The number of fused-ring (bicyclic) bond motifs is 1. The summed E-state index contributed by atoms with van der Waals surface area (Å²) in [6.45, 7) is 6.99. The summed E-state index contributed by atoms with van der Waals surface area (Å²) in [4.78, 5) is 10.8. The van der Waals surface area contributed by atoms with Crippen LogP contribution in [0.1, 0.15) is 26.0 Å². The van der Waals surface area contributed by atoms with E-state index in [1.165, 1.54) is 30.7 Å². The second-order valence-corrected chi connectivity index (χ2v) is 6.26. The maximum Gasteiger partial charge on any atom is 0.282 e. The average Bonchev–Trinajstić information content (AvgIpc) is 3.19. The van der Waals surface area contributed by atoms with E-state index in [0.29, 0.717) is 35.4 Å². The zero-order valence-corrected chi connectivity index (χ0v) is 17.6.